The Kier molecular flexibility index (Phi) is 5.99. The highest BCUT2D eigenvalue weighted by atomic mass is 35.5. The Bertz CT molecular complexity index is 976. The number of nitrogens with zero attached hydrogens (tertiary/aromatic N) is 1. The summed E-state index contributed by atoms with van der Waals surface area (Å²) in [5.74, 6) is -2.44. The van der Waals surface area contributed by atoms with Crippen LogP contribution in [0.3, 0.4) is 0 Å². The number of carboxylic acid groups (broad SMARTS) is 1. The van der Waals surface area contributed by atoms with Gasteiger partial charge >= 0.3 is 5.97 Å². The number of carbonyl (C=O) groups is 1. The maximum Gasteiger partial charge on any atom is 0.312 e. The van der Waals surface area contributed by atoms with Crippen molar-refractivity contribution in [2.45, 2.75) is 18.8 Å². The van der Waals surface area contributed by atoms with E-state index in [0.717, 1.165) is 0 Å². The van der Waals surface area contributed by atoms with E-state index in [1.807, 2.05) is 0 Å². The molecule has 3 aromatic rings. The van der Waals surface area contributed by atoms with Crippen molar-refractivity contribution in [1.82, 2.24) is 4.98 Å². The Morgan fingerprint density at radius 2 is 1.79 bits per heavy atom. The topological polar surface area (TPSA) is 50.2 Å². The monoisotopic (exact) mass is 405 g/mol. The fourth-order valence-electron chi connectivity index (χ4n) is 2.91. The highest BCUT2D eigenvalue weighted by Crippen LogP contribution is 2.33. The minimum absolute atomic E-state index is 0.126. The molecule has 0 aliphatic rings. The van der Waals surface area contributed by atoms with Crippen LogP contribution in [0.4, 0.5) is 13.2 Å². The Morgan fingerprint density at radius 3 is 2.36 bits per heavy atom. The van der Waals surface area contributed by atoms with Gasteiger partial charge in [0.25, 0.3) is 6.43 Å². The Hall–Kier alpha value is -2.86. The summed E-state index contributed by atoms with van der Waals surface area (Å²) in [7, 11) is 0. The lowest BCUT2D eigenvalue weighted by Gasteiger charge is -2.14. The molecule has 144 valence electrons. The number of aliphatic carboxylic acids is 1. The number of alkyl halides is 2. The van der Waals surface area contributed by atoms with Crippen molar-refractivity contribution < 1.29 is 23.1 Å². The van der Waals surface area contributed by atoms with Gasteiger partial charge < -0.3 is 5.11 Å². The fraction of sp³-hybridized carbons (Fsp3) is 0.143. The molecular formula is C21H15ClF3NO2. The summed E-state index contributed by atoms with van der Waals surface area (Å²) in [4.78, 5) is 15.9. The summed E-state index contributed by atoms with van der Waals surface area (Å²) >= 11 is 5.93. The van der Waals surface area contributed by atoms with E-state index in [-0.39, 0.29) is 23.2 Å². The van der Waals surface area contributed by atoms with Crippen LogP contribution in [0.2, 0.25) is 5.02 Å². The van der Waals surface area contributed by atoms with Gasteiger partial charge in [0.1, 0.15) is 11.7 Å². The molecule has 7 heteroatoms. The Morgan fingerprint density at radius 1 is 1.07 bits per heavy atom. The van der Waals surface area contributed by atoms with Gasteiger partial charge in [-0.1, -0.05) is 35.9 Å². The number of rotatable bonds is 6. The van der Waals surface area contributed by atoms with Crippen LogP contribution in [0.1, 0.15) is 29.2 Å². The lowest BCUT2D eigenvalue weighted by Crippen LogP contribution is -2.15. The molecule has 0 spiro atoms. The third kappa shape index (κ3) is 4.51. The molecule has 2 aromatic carbocycles. The Labute approximate surface area is 164 Å². The number of aromatic nitrogens is 1. The van der Waals surface area contributed by atoms with Gasteiger partial charge in [-0.3, -0.25) is 9.78 Å². The molecule has 28 heavy (non-hydrogen) atoms. The van der Waals surface area contributed by atoms with Gasteiger partial charge in [-0.15, -0.1) is 0 Å². The largest absolute Gasteiger partial charge is 0.481 e. The highest BCUT2D eigenvalue weighted by molar-refractivity contribution is 6.30. The van der Waals surface area contributed by atoms with Crippen LogP contribution in [-0.2, 0) is 11.2 Å². The zero-order valence-electron chi connectivity index (χ0n) is 14.4. The van der Waals surface area contributed by atoms with E-state index in [9.17, 15) is 23.1 Å². The molecule has 0 saturated carbocycles. The van der Waals surface area contributed by atoms with Crippen molar-refractivity contribution in [2.75, 3.05) is 0 Å². The molecule has 1 N–H and O–H groups in total. The van der Waals surface area contributed by atoms with Gasteiger partial charge in [0.15, 0.2) is 0 Å². The fourth-order valence-corrected chi connectivity index (χ4v) is 3.09. The van der Waals surface area contributed by atoms with Gasteiger partial charge in [-0.05, 0) is 47.9 Å². The minimum atomic E-state index is -2.68. The molecule has 0 fully saturated rings. The summed E-state index contributed by atoms with van der Waals surface area (Å²) in [6.45, 7) is 0. The smallest absolute Gasteiger partial charge is 0.312 e. The number of hydrogen-bond acceptors (Lipinski definition) is 2. The van der Waals surface area contributed by atoms with Crippen LogP contribution < -0.4 is 0 Å². The molecule has 0 saturated heterocycles. The van der Waals surface area contributed by atoms with E-state index in [4.69, 9.17) is 11.6 Å². The average molecular weight is 406 g/mol. The molecule has 1 atom stereocenters. The first-order valence-corrected chi connectivity index (χ1v) is 8.74. The van der Waals surface area contributed by atoms with E-state index in [2.05, 4.69) is 4.98 Å². The van der Waals surface area contributed by atoms with Crippen LogP contribution in [0.5, 0.6) is 0 Å². The van der Waals surface area contributed by atoms with Crippen LogP contribution in [0.15, 0.2) is 60.8 Å². The van der Waals surface area contributed by atoms with Crippen molar-refractivity contribution in [1.29, 1.82) is 0 Å². The summed E-state index contributed by atoms with van der Waals surface area (Å²) in [6.07, 6.45) is -1.20. The lowest BCUT2D eigenvalue weighted by atomic mass is 9.94. The van der Waals surface area contributed by atoms with Crippen LogP contribution in [-0.4, -0.2) is 16.1 Å². The van der Waals surface area contributed by atoms with Crippen molar-refractivity contribution in [3.8, 4) is 11.1 Å². The summed E-state index contributed by atoms with van der Waals surface area (Å²) in [5.41, 5.74) is 1.40. The first kappa shape index (κ1) is 19.9. The summed E-state index contributed by atoms with van der Waals surface area (Å²) in [6, 6.07) is 12.6. The van der Waals surface area contributed by atoms with E-state index in [1.165, 1.54) is 54.7 Å². The first-order valence-electron chi connectivity index (χ1n) is 8.36. The molecular weight excluding hydrogens is 391 g/mol. The molecule has 0 radical (unpaired) electrons. The SMILES string of the molecule is O=C(O)C(Cc1ccc(F)cc1)c1ccc(-c2cc(Cl)ccc2C(F)F)cn1. The van der Waals surface area contributed by atoms with Crippen molar-refractivity contribution in [3.05, 3.63) is 88.5 Å². The zero-order valence-corrected chi connectivity index (χ0v) is 15.2. The maximum atomic E-state index is 13.3. The normalized spacial score (nSPS) is 12.2. The third-order valence-electron chi connectivity index (χ3n) is 4.36. The highest BCUT2D eigenvalue weighted by Gasteiger charge is 2.22. The van der Waals surface area contributed by atoms with E-state index < -0.39 is 24.1 Å². The molecule has 0 aliphatic heterocycles. The molecule has 1 heterocycles. The van der Waals surface area contributed by atoms with Crippen LogP contribution in [0.25, 0.3) is 11.1 Å². The molecule has 0 bridgehead atoms. The second kappa shape index (κ2) is 8.44. The average Bonchev–Trinajstić information content (AvgIpc) is 2.67. The maximum absolute atomic E-state index is 13.3. The number of benzene rings is 2. The van der Waals surface area contributed by atoms with E-state index in [0.29, 0.717) is 16.1 Å². The van der Waals surface area contributed by atoms with Gasteiger partial charge in [0, 0.05) is 22.3 Å². The first-order chi connectivity index (χ1) is 13.3. The number of halogens is 4. The van der Waals surface area contributed by atoms with E-state index >= 15 is 0 Å². The molecule has 1 unspecified atom stereocenters. The van der Waals surface area contributed by atoms with Gasteiger partial charge in [-0.2, -0.15) is 0 Å². The predicted molar refractivity (Wildman–Crippen MR) is 100 cm³/mol. The second-order valence-electron chi connectivity index (χ2n) is 6.23. The molecule has 3 nitrogen and oxygen atoms in total. The standard InChI is InChI=1S/C21H15ClF3NO2/c22-14-4-7-16(20(24)25)17(10-14)13-3-8-19(26-11-13)18(21(27)28)9-12-1-5-15(23)6-2-12/h1-8,10-11,18,20H,9H2,(H,27,28). The van der Waals surface area contributed by atoms with Crippen molar-refractivity contribution in [2.24, 2.45) is 0 Å². The van der Waals surface area contributed by atoms with E-state index in [1.54, 1.807) is 6.07 Å². The molecule has 1 aromatic heterocycles. The second-order valence-corrected chi connectivity index (χ2v) is 6.66. The lowest BCUT2D eigenvalue weighted by molar-refractivity contribution is -0.138. The molecule has 0 aliphatic carbocycles. The van der Waals surface area contributed by atoms with Gasteiger partial charge in [0.2, 0.25) is 0 Å². The summed E-state index contributed by atoms with van der Waals surface area (Å²) < 4.78 is 39.6. The van der Waals surface area contributed by atoms with Crippen LogP contribution >= 0.6 is 11.6 Å². The van der Waals surface area contributed by atoms with Crippen molar-refractivity contribution in [3.63, 3.8) is 0 Å². The van der Waals surface area contributed by atoms with Crippen molar-refractivity contribution >= 4 is 17.6 Å². The quantitative estimate of drug-likeness (QED) is 0.556. The third-order valence-corrected chi connectivity index (χ3v) is 4.59. The Balaban J connectivity index is 1.91. The number of carboxylic acids is 1. The minimum Gasteiger partial charge on any atom is -0.481 e. The molecule has 0 amide bonds. The predicted octanol–water partition coefficient (Wildman–Crippen LogP) is 5.89. The van der Waals surface area contributed by atoms with Gasteiger partial charge in [0.05, 0.1) is 5.69 Å². The van der Waals surface area contributed by atoms with Crippen LogP contribution in [0, 0.1) is 5.82 Å². The number of pyridine rings is 1. The zero-order chi connectivity index (χ0) is 20.3. The van der Waals surface area contributed by atoms with Gasteiger partial charge in [-0.25, -0.2) is 13.2 Å². The number of hydrogen-bond donors (Lipinski definition) is 1. The molecule has 3 rings (SSSR count). The summed E-state index contributed by atoms with van der Waals surface area (Å²) in [5, 5.41) is 9.86.